The van der Waals surface area contributed by atoms with Gasteiger partial charge in [-0.15, -0.1) is 0 Å². The van der Waals surface area contributed by atoms with Gasteiger partial charge >= 0.3 is 5.97 Å². The third-order valence-corrected chi connectivity index (χ3v) is 1.91. The maximum atomic E-state index is 12.6. The average molecular weight is 189 g/mol. The monoisotopic (exact) mass is 189 g/mol. The molecule has 1 aliphatic heterocycles. The molecule has 0 saturated carbocycles. The van der Waals surface area contributed by atoms with Gasteiger partial charge < -0.3 is 4.74 Å². The van der Waals surface area contributed by atoms with Gasteiger partial charge in [-0.05, 0) is 27.2 Å². The van der Waals surface area contributed by atoms with Gasteiger partial charge in [0.05, 0.1) is 5.41 Å². The van der Waals surface area contributed by atoms with Crippen LogP contribution in [0.2, 0.25) is 0 Å². The summed E-state index contributed by atoms with van der Waals surface area (Å²) in [5, 5.41) is 2.55. The van der Waals surface area contributed by atoms with Crippen molar-refractivity contribution in [1.82, 2.24) is 5.32 Å². The SMILES string of the molecule is CC(C)(C)C(=O)OC1CC[C@@H](F)N1. The quantitative estimate of drug-likeness (QED) is 0.502. The molecule has 1 rings (SSSR count). The van der Waals surface area contributed by atoms with Gasteiger partial charge in [-0.3, -0.25) is 10.1 Å². The molecule has 13 heavy (non-hydrogen) atoms. The molecule has 0 aromatic rings. The molecule has 1 N–H and O–H groups in total. The second kappa shape index (κ2) is 3.62. The van der Waals surface area contributed by atoms with E-state index in [1.54, 1.807) is 20.8 Å². The van der Waals surface area contributed by atoms with Gasteiger partial charge in [-0.25, -0.2) is 4.39 Å². The highest BCUT2D eigenvalue weighted by Gasteiger charge is 2.30. The van der Waals surface area contributed by atoms with Gasteiger partial charge in [-0.1, -0.05) is 0 Å². The summed E-state index contributed by atoms with van der Waals surface area (Å²) in [7, 11) is 0. The van der Waals surface area contributed by atoms with Crippen LogP contribution in [-0.4, -0.2) is 18.5 Å². The standard InChI is InChI=1S/C9H16FNO2/c1-9(2,3)8(12)13-7-5-4-6(10)11-7/h6-7,11H,4-5H2,1-3H3/t6-,7?/m0/s1. The van der Waals surface area contributed by atoms with Gasteiger partial charge in [-0.2, -0.15) is 0 Å². The maximum Gasteiger partial charge on any atom is 0.312 e. The highest BCUT2D eigenvalue weighted by molar-refractivity contribution is 5.75. The minimum Gasteiger partial charge on any atom is -0.446 e. The van der Waals surface area contributed by atoms with Crippen molar-refractivity contribution in [2.24, 2.45) is 5.41 Å². The summed E-state index contributed by atoms with van der Waals surface area (Å²) in [5.74, 6) is -0.292. The van der Waals surface area contributed by atoms with Crippen LogP contribution in [-0.2, 0) is 9.53 Å². The molecule has 1 aliphatic rings. The van der Waals surface area contributed by atoms with Crippen molar-refractivity contribution in [2.45, 2.75) is 46.1 Å². The van der Waals surface area contributed by atoms with E-state index in [2.05, 4.69) is 5.32 Å². The molecule has 1 fully saturated rings. The zero-order chi connectivity index (χ0) is 10.1. The van der Waals surface area contributed by atoms with Gasteiger partial charge in [0.15, 0.2) is 12.5 Å². The topological polar surface area (TPSA) is 38.3 Å². The molecular weight excluding hydrogens is 173 g/mol. The van der Waals surface area contributed by atoms with Crippen LogP contribution < -0.4 is 5.32 Å². The first kappa shape index (κ1) is 10.4. The Morgan fingerprint density at radius 1 is 1.46 bits per heavy atom. The lowest BCUT2D eigenvalue weighted by molar-refractivity contribution is -0.159. The maximum absolute atomic E-state index is 12.6. The van der Waals surface area contributed by atoms with E-state index >= 15 is 0 Å². The minimum atomic E-state index is -1.03. The van der Waals surface area contributed by atoms with Crippen LogP contribution in [0.15, 0.2) is 0 Å². The number of rotatable bonds is 1. The number of hydrogen-bond donors (Lipinski definition) is 1. The van der Waals surface area contributed by atoms with Crippen LogP contribution in [0.3, 0.4) is 0 Å². The molecule has 4 heteroatoms. The summed E-state index contributed by atoms with van der Waals surface area (Å²) in [6.45, 7) is 5.33. The Labute approximate surface area is 77.6 Å². The largest absolute Gasteiger partial charge is 0.446 e. The van der Waals surface area contributed by atoms with E-state index in [4.69, 9.17) is 4.74 Å². The highest BCUT2D eigenvalue weighted by atomic mass is 19.1. The molecule has 2 atom stereocenters. The van der Waals surface area contributed by atoms with Crippen molar-refractivity contribution in [3.8, 4) is 0 Å². The van der Waals surface area contributed by atoms with E-state index in [0.29, 0.717) is 12.8 Å². The highest BCUT2D eigenvalue weighted by Crippen LogP contribution is 2.20. The normalized spacial score (nSPS) is 28.9. The van der Waals surface area contributed by atoms with Crippen LogP contribution >= 0.6 is 0 Å². The van der Waals surface area contributed by atoms with Crippen LogP contribution in [0, 0.1) is 5.41 Å². The molecule has 3 nitrogen and oxygen atoms in total. The molecule has 0 aromatic heterocycles. The number of ether oxygens (including phenoxy) is 1. The molecule has 0 spiro atoms. The lowest BCUT2D eigenvalue weighted by Crippen LogP contribution is -2.35. The second-order valence-corrected chi connectivity index (χ2v) is 4.36. The number of carbonyl (C=O) groups excluding carboxylic acids is 1. The van der Waals surface area contributed by atoms with E-state index in [1.165, 1.54) is 0 Å². The van der Waals surface area contributed by atoms with Crippen molar-refractivity contribution >= 4 is 5.97 Å². The number of alkyl halides is 1. The Kier molecular flexibility index (Phi) is 2.91. The van der Waals surface area contributed by atoms with Gasteiger partial charge in [0.25, 0.3) is 0 Å². The van der Waals surface area contributed by atoms with Crippen molar-refractivity contribution in [3.05, 3.63) is 0 Å². The van der Waals surface area contributed by atoms with Crippen LogP contribution in [0.5, 0.6) is 0 Å². The van der Waals surface area contributed by atoms with Crippen LogP contribution in [0.1, 0.15) is 33.6 Å². The molecule has 0 bridgehead atoms. The van der Waals surface area contributed by atoms with Crippen molar-refractivity contribution in [1.29, 1.82) is 0 Å². The van der Waals surface area contributed by atoms with E-state index in [1.807, 2.05) is 0 Å². The van der Waals surface area contributed by atoms with Gasteiger partial charge in [0.1, 0.15) is 0 Å². The molecule has 1 unspecified atom stereocenters. The molecular formula is C9H16FNO2. The summed E-state index contributed by atoms with van der Waals surface area (Å²) < 4.78 is 17.7. The first-order valence-electron chi connectivity index (χ1n) is 4.51. The first-order chi connectivity index (χ1) is 5.89. The zero-order valence-electron chi connectivity index (χ0n) is 8.26. The third kappa shape index (κ3) is 2.95. The summed E-state index contributed by atoms with van der Waals surface area (Å²) >= 11 is 0. The fraction of sp³-hybridized carbons (Fsp3) is 0.889. The van der Waals surface area contributed by atoms with Gasteiger partial charge in [0.2, 0.25) is 0 Å². The van der Waals surface area contributed by atoms with E-state index < -0.39 is 17.9 Å². The van der Waals surface area contributed by atoms with Gasteiger partial charge in [0, 0.05) is 6.42 Å². The summed E-state index contributed by atoms with van der Waals surface area (Å²) in [4.78, 5) is 11.3. The number of esters is 1. The third-order valence-electron chi connectivity index (χ3n) is 1.91. The molecule has 0 amide bonds. The van der Waals surface area contributed by atoms with Crippen molar-refractivity contribution < 1.29 is 13.9 Å². The summed E-state index contributed by atoms with van der Waals surface area (Å²) in [6, 6.07) is 0. The number of nitrogens with one attached hydrogen (secondary N) is 1. The average Bonchev–Trinajstić information content (AvgIpc) is 2.33. The van der Waals surface area contributed by atoms with Crippen LogP contribution in [0.25, 0.3) is 0 Å². The number of halogens is 1. The molecule has 0 aromatic carbocycles. The minimum absolute atomic E-state index is 0.292. The Balaban J connectivity index is 2.37. The lowest BCUT2D eigenvalue weighted by atomic mass is 9.97. The van der Waals surface area contributed by atoms with Crippen LogP contribution in [0.4, 0.5) is 4.39 Å². The van der Waals surface area contributed by atoms with Crippen molar-refractivity contribution in [2.75, 3.05) is 0 Å². The zero-order valence-corrected chi connectivity index (χ0v) is 8.26. The van der Waals surface area contributed by atoms with E-state index in [9.17, 15) is 9.18 Å². The second-order valence-electron chi connectivity index (χ2n) is 4.36. The number of hydrogen-bond acceptors (Lipinski definition) is 3. The Morgan fingerprint density at radius 3 is 2.46 bits per heavy atom. The fourth-order valence-electron chi connectivity index (χ4n) is 1.07. The Morgan fingerprint density at radius 2 is 2.08 bits per heavy atom. The fourth-order valence-corrected chi connectivity index (χ4v) is 1.07. The number of carbonyl (C=O) groups is 1. The molecule has 0 radical (unpaired) electrons. The summed E-state index contributed by atoms with van der Waals surface area (Å²) in [5.41, 5.74) is -0.518. The van der Waals surface area contributed by atoms with E-state index in [-0.39, 0.29) is 5.97 Å². The lowest BCUT2D eigenvalue weighted by Gasteiger charge is -2.20. The molecule has 0 aliphatic carbocycles. The van der Waals surface area contributed by atoms with E-state index in [0.717, 1.165) is 0 Å². The smallest absolute Gasteiger partial charge is 0.312 e. The first-order valence-corrected chi connectivity index (χ1v) is 4.51. The Bertz CT molecular complexity index is 200. The predicted molar refractivity (Wildman–Crippen MR) is 46.6 cm³/mol. The predicted octanol–water partition coefficient (Wildman–Crippen LogP) is 1.58. The molecule has 1 heterocycles. The molecule has 1 saturated heterocycles. The summed E-state index contributed by atoms with van der Waals surface area (Å²) in [6.07, 6.45) is -0.495. The molecule has 76 valence electrons. The van der Waals surface area contributed by atoms with Crippen molar-refractivity contribution in [3.63, 3.8) is 0 Å². The Hall–Kier alpha value is -0.640.